The summed E-state index contributed by atoms with van der Waals surface area (Å²) in [5, 5.41) is 9.65. The average molecular weight is 301 g/mol. The summed E-state index contributed by atoms with van der Waals surface area (Å²) in [6.07, 6.45) is 3.32. The van der Waals surface area contributed by atoms with Crippen molar-refractivity contribution in [3.8, 4) is 5.75 Å². The fourth-order valence-corrected chi connectivity index (χ4v) is 3.41. The largest absolute Gasteiger partial charge is 0.496 e. The number of rotatable bonds is 3. The molecule has 1 aliphatic carbocycles. The van der Waals surface area contributed by atoms with Gasteiger partial charge in [-0.05, 0) is 31.4 Å². The number of carbonyl (C=O) groups is 1. The Labute approximate surface area is 122 Å². The lowest BCUT2D eigenvalue weighted by Gasteiger charge is -2.35. The second-order valence-electron chi connectivity index (χ2n) is 5.35. The maximum Gasteiger partial charge on any atom is 0.314 e. The lowest BCUT2D eigenvalue weighted by atomic mass is 9.68. The molecule has 1 aliphatic rings. The smallest absolute Gasteiger partial charge is 0.314 e. The quantitative estimate of drug-likeness (QED) is 0.915. The van der Waals surface area contributed by atoms with Crippen LogP contribution in [0.3, 0.4) is 0 Å². The minimum atomic E-state index is -1.23. The Morgan fingerprint density at radius 1 is 1.40 bits per heavy atom. The number of aliphatic carboxylic acids is 1. The average Bonchev–Trinajstić information content (AvgIpc) is 2.43. The van der Waals surface area contributed by atoms with Crippen LogP contribution in [-0.2, 0) is 10.2 Å². The van der Waals surface area contributed by atoms with Gasteiger partial charge in [-0.25, -0.2) is 4.39 Å². The third kappa shape index (κ3) is 2.26. The number of hydrogen-bond donors (Lipinski definition) is 1. The predicted octanol–water partition coefficient (Wildman–Crippen LogP) is 4.08. The topological polar surface area (TPSA) is 46.5 Å². The van der Waals surface area contributed by atoms with Gasteiger partial charge in [-0.15, -0.1) is 0 Å². The molecule has 1 fully saturated rings. The van der Waals surface area contributed by atoms with Crippen molar-refractivity contribution in [1.29, 1.82) is 0 Å². The van der Waals surface area contributed by atoms with E-state index in [1.165, 1.54) is 13.2 Å². The first-order valence-electron chi connectivity index (χ1n) is 6.70. The van der Waals surface area contributed by atoms with Crippen molar-refractivity contribution in [2.24, 2.45) is 0 Å². The molecule has 0 atom stereocenters. The van der Waals surface area contributed by atoms with E-state index in [1.54, 1.807) is 6.92 Å². The molecule has 3 nitrogen and oxygen atoms in total. The Bertz CT molecular complexity index is 536. The number of methoxy groups -OCH3 is 1. The van der Waals surface area contributed by atoms with Crippen molar-refractivity contribution >= 4 is 17.6 Å². The molecule has 0 radical (unpaired) electrons. The van der Waals surface area contributed by atoms with E-state index in [2.05, 4.69) is 0 Å². The molecule has 110 valence electrons. The molecule has 1 aromatic carbocycles. The van der Waals surface area contributed by atoms with Crippen LogP contribution in [0.15, 0.2) is 6.07 Å². The molecule has 0 aliphatic heterocycles. The first-order chi connectivity index (χ1) is 9.44. The third-order valence-corrected chi connectivity index (χ3v) is 4.43. The summed E-state index contributed by atoms with van der Waals surface area (Å²) in [6, 6.07) is 1.47. The van der Waals surface area contributed by atoms with Crippen LogP contribution in [0.25, 0.3) is 0 Å². The van der Waals surface area contributed by atoms with Gasteiger partial charge in [-0.3, -0.25) is 4.79 Å². The normalized spacial score (nSPS) is 17.8. The Hall–Kier alpha value is -1.29. The van der Waals surface area contributed by atoms with Gasteiger partial charge < -0.3 is 9.84 Å². The molecule has 1 saturated carbocycles. The number of halogens is 2. The third-order valence-electron chi connectivity index (χ3n) is 4.16. The van der Waals surface area contributed by atoms with Crippen molar-refractivity contribution in [2.75, 3.05) is 7.11 Å². The predicted molar refractivity (Wildman–Crippen MR) is 75.1 cm³/mol. The second kappa shape index (κ2) is 5.60. The Morgan fingerprint density at radius 3 is 2.50 bits per heavy atom. The minimum Gasteiger partial charge on any atom is -0.496 e. The summed E-state index contributed by atoms with van der Waals surface area (Å²) in [5.41, 5.74) is -0.471. The lowest BCUT2D eigenvalue weighted by molar-refractivity contribution is -0.145. The minimum absolute atomic E-state index is 0.0514. The summed E-state index contributed by atoms with van der Waals surface area (Å²) in [4.78, 5) is 11.9. The van der Waals surface area contributed by atoms with Gasteiger partial charge in [0.2, 0.25) is 0 Å². The Kier molecular flexibility index (Phi) is 4.23. The molecule has 0 saturated heterocycles. The van der Waals surface area contributed by atoms with Crippen LogP contribution in [0.2, 0.25) is 5.02 Å². The van der Waals surface area contributed by atoms with E-state index in [-0.39, 0.29) is 10.6 Å². The number of hydrogen-bond acceptors (Lipinski definition) is 2. The number of aryl methyl sites for hydroxylation is 1. The maximum absolute atomic E-state index is 14.5. The van der Waals surface area contributed by atoms with E-state index >= 15 is 0 Å². The van der Waals surface area contributed by atoms with Gasteiger partial charge in [-0.1, -0.05) is 30.9 Å². The highest BCUT2D eigenvalue weighted by molar-refractivity contribution is 6.31. The number of benzene rings is 1. The van der Waals surface area contributed by atoms with E-state index in [4.69, 9.17) is 16.3 Å². The number of carboxylic acids is 1. The van der Waals surface area contributed by atoms with Crippen molar-refractivity contribution in [2.45, 2.75) is 44.4 Å². The zero-order valence-electron chi connectivity index (χ0n) is 11.6. The maximum atomic E-state index is 14.5. The molecular formula is C15H18ClFO3. The fourth-order valence-electron chi connectivity index (χ4n) is 3.15. The van der Waals surface area contributed by atoms with Gasteiger partial charge in [0, 0.05) is 5.56 Å². The first-order valence-corrected chi connectivity index (χ1v) is 7.08. The summed E-state index contributed by atoms with van der Waals surface area (Å²) in [6.45, 7) is 1.74. The van der Waals surface area contributed by atoms with E-state index in [0.29, 0.717) is 24.2 Å². The van der Waals surface area contributed by atoms with Crippen LogP contribution >= 0.6 is 11.6 Å². The monoisotopic (exact) mass is 300 g/mol. The van der Waals surface area contributed by atoms with Crippen LogP contribution in [0.5, 0.6) is 5.75 Å². The Balaban J connectivity index is 2.73. The molecule has 0 heterocycles. The van der Waals surface area contributed by atoms with Gasteiger partial charge in [0.15, 0.2) is 0 Å². The highest BCUT2D eigenvalue weighted by Gasteiger charge is 2.46. The molecule has 5 heteroatoms. The molecule has 2 rings (SSSR count). The van der Waals surface area contributed by atoms with Crippen LogP contribution < -0.4 is 4.74 Å². The van der Waals surface area contributed by atoms with Gasteiger partial charge in [0.05, 0.1) is 17.5 Å². The van der Waals surface area contributed by atoms with Gasteiger partial charge >= 0.3 is 5.97 Å². The van der Waals surface area contributed by atoms with Crippen LogP contribution in [0.4, 0.5) is 4.39 Å². The van der Waals surface area contributed by atoms with Crippen molar-refractivity contribution < 1.29 is 19.0 Å². The van der Waals surface area contributed by atoms with E-state index in [9.17, 15) is 14.3 Å². The van der Waals surface area contributed by atoms with Crippen LogP contribution in [0.1, 0.15) is 43.2 Å². The van der Waals surface area contributed by atoms with Crippen LogP contribution in [0, 0.1) is 12.7 Å². The van der Waals surface area contributed by atoms with Gasteiger partial charge in [-0.2, -0.15) is 0 Å². The molecule has 0 bridgehead atoms. The first kappa shape index (κ1) is 15.1. The molecule has 0 unspecified atom stereocenters. The standard InChI is InChI=1S/C15H18ClFO3/c1-9-8-10(16)12(17)11(13(9)20-2)15(14(18)19)6-4-3-5-7-15/h8H,3-7H2,1-2H3,(H,18,19). The molecule has 20 heavy (non-hydrogen) atoms. The van der Waals surface area contributed by atoms with Crippen LogP contribution in [-0.4, -0.2) is 18.2 Å². The van der Waals surface area contributed by atoms with E-state index < -0.39 is 17.2 Å². The molecule has 0 spiro atoms. The SMILES string of the molecule is COc1c(C)cc(Cl)c(F)c1C1(C(=O)O)CCCCC1. The van der Waals surface area contributed by atoms with Gasteiger partial charge in [0.1, 0.15) is 11.6 Å². The molecule has 0 amide bonds. The second-order valence-corrected chi connectivity index (χ2v) is 5.75. The number of ether oxygens (including phenoxy) is 1. The highest BCUT2D eigenvalue weighted by Crippen LogP contribution is 2.47. The van der Waals surface area contributed by atoms with E-state index in [0.717, 1.165) is 19.3 Å². The molecule has 1 N–H and O–H groups in total. The fraction of sp³-hybridized carbons (Fsp3) is 0.533. The van der Waals surface area contributed by atoms with Crippen molar-refractivity contribution in [1.82, 2.24) is 0 Å². The Morgan fingerprint density at radius 2 is 2.00 bits per heavy atom. The summed E-state index contributed by atoms with van der Waals surface area (Å²) >= 11 is 5.91. The van der Waals surface area contributed by atoms with Crippen molar-refractivity contribution in [3.05, 3.63) is 28.0 Å². The van der Waals surface area contributed by atoms with Gasteiger partial charge in [0.25, 0.3) is 0 Å². The summed E-state index contributed by atoms with van der Waals surface area (Å²) in [5.74, 6) is -1.37. The number of carboxylic acid groups (broad SMARTS) is 1. The zero-order chi connectivity index (χ0) is 14.9. The summed E-state index contributed by atoms with van der Waals surface area (Å²) in [7, 11) is 1.43. The van der Waals surface area contributed by atoms with Crippen molar-refractivity contribution in [3.63, 3.8) is 0 Å². The molecular weight excluding hydrogens is 283 g/mol. The lowest BCUT2D eigenvalue weighted by Crippen LogP contribution is -2.39. The zero-order valence-corrected chi connectivity index (χ0v) is 12.4. The van der Waals surface area contributed by atoms with E-state index in [1.807, 2.05) is 0 Å². The highest BCUT2D eigenvalue weighted by atomic mass is 35.5. The summed E-state index contributed by atoms with van der Waals surface area (Å²) < 4.78 is 19.8. The molecule has 0 aromatic heterocycles. The molecule has 1 aromatic rings.